The maximum atomic E-state index is 14.6. The van der Waals surface area contributed by atoms with Crippen LogP contribution < -0.4 is 10.6 Å². The summed E-state index contributed by atoms with van der Waals surface area (Å²) in [5, 5.41) is 18.4. The van der Waals surface area contributed by atoms with E-state index in [-0.39, 0.29) is 56.9 Å². The molecule has 2 aliphatic heterocycles. The lowest BCUT2D eigenvalue weighted by Crippen LogP contribution is -2.52. The molecule has 1 saturated heterocycles. The third kappa shape index (κ3) is 11.5. The molecule has 2 atom stereocenters. The topological polar surface area (TPSA) is 131 Å². The number of carbonyl (C=O) groups excluding carboxylic acids is 3. The highest BCUT2D eigenvalue weighted by Crippen LogP contribution is 2.40. The second-order valence-electron chi connectivity index (χ2n) is 16.5. The van der Waals surface area contributed by atoms with Crippen molar-refractivity contribution >= 4 is 105 Å². The summed E-state index contributed by atoms with van der Waals surface area (Å²) in [7, 11) is 0. The summed E-state index contributed by atoms with van der Waals surface area (Å²) in [6.07, 6.45) is 3.90. The van der Waals surface area contributed by atoms with E-state index in [9.17, 15) is 14.4 Å². The fraction of sp³-hybridized carbons (Fsp3) is 0.255. The molecule has 17 heteroatoms. The van der Waals surface area contributed by atoms with Gasteiger partial charge in [0.05, 0.1) is 51.5 Å². The van der Waals surface area contributed by atoms with E-state index in [1.165, 1.54) is 0 Å². The van der Waals surface area contributed by atoms with Gasteiger partial charge in [0.15, 0.2) is 11.6 Å². The first-order valence-electron chi connectivity index (χ1n) is 21.9. The van der Waals surface area contributed by atoms with Crippen LogP contribution >= 0.6 is 69.3 Å². The quantitative estimate of drug-likeness (QED) is 0.0774. The number of aryl methyl sites for hydroxylation is 2. The summed E-state index contributed by atoms with van der Waals surface area (Å²) in [6.45, 7) is 7.31. The van der Waals surface area contributed by atoms with Crippen LogP contribution in [0, 0.1) is 20.8 Å². The fourth-order valence-electron chi connectivity index (χ4n) is 8.17. The predicted octanol–water partition coefficient (Wildman–Crippen LogP) is 10.7. The molecule has 6 aromatic rings. The van der Waals surface area contributed by atoms with Gasteiger partial charge < -0.3 is 20.3 Å². The summed E-state index contributed by atoms with van der Waals surface area (Å²) in [5.74, 6) is 0.698. The Morgan fingerprint density at radius 2 is 1.44 bits per heavy atom. The van der Waals surface area contributed by atoms with Crippen LogP contribution in [0.2, 0.25) is 25.1 Å². The zero-order chi connectivity index (χ0) is 48.1. The molecule has 350 valence electrons. The van der Waals surface area contributed by atoms with Crippen molar-refractivity contribution in [2.24, 2.45) is 4.99 Å². The van der Waals surface area contributed by atoms with E-state index in [1.807, 2.05) is 66.1 Å². The third-order valence-corrected chi connectivity index (χ3v) is 14.6. The van der Waals surface area contributed by atoms with E-state index < -0.39 is 12.1 Å². The van der Waals surface area contributed by atoms with Gasteiger partial charge in [0.25, 0.3) is 0 Å². The molecule has 1 fully saturated rings. The Morgan fingerprint density at radius 1 is 0.809 bits per heavy atom. The van der Waals surface area contributed by atoms with Crippen molar-refractivity contribution < 1.29 is 19.1 Å². The van der Waals surface area contributed by atoms with Crippen molar-refractivity contribution in [1.29, 1.82) is 0 Å². The second-order valence-corrected chi connectivity index (χ2v) is 19.7. The lowest BCUT2D eigenvalue weighted by Gasteiger charge is -2.33. The minimum absolute atomic E-state index is 0.0455. The van der Waals surface area contributed by atoms with Crippen LogP contribution in [0.5, 0.6) is 0 Å². The smallest absolute Gasteiger partial charge is 0.240 e. The fourth-order valence-corrected chi connectivity index (χ4v) is 10.1. The monoisotopic (exact) mass is 1030 g/mol. The number of likely N-dealkylation sites (tertiary alicyclic amines) is 1. The van der Waals surface area contributed by atoms with Crippen molar-refractivity contribution in [3.05, 3.63) is 177 Å². The molecule has 68 heavy (non-hydrogen) atoms. The van der Waals surface area contributed by atoms with Gasteiger partial charge in [0.2, 0.25) is 11.8 Å². The van der Waals surface area contributed by atoms with Crippen LogP contribution in [0.3, 0.4) is 0 Å². The number of ketones is 1. The number of Topliss-reactive ketones (excluding diaryl/α,β-unsaturated/α-hetero) is 1. The maximum absolute atomic E-state index is 14.6. The number of nitrogens with zero attached hydrogens (tertiary/aromatic N) is 5. The number of carbonyl (C=O) groups is 3. The number of nitrogens with one attached hydrogen (secondary N) is 2. The van der Waals surface area contributed by atoms with Gasteiger partial charge in [-0.3, -0.25) is 23.9 Å². The van der Waals surface area contributed by atoms with Crippen LogP contribution in [-0.2, 0) is 25.5 Å². The first-order valence-corrected chi connectivity index (χ1v) is 24.6. The molecule has 8 rings (SSSR count). The number of thiophene rings is 1. The van der Waals surface area contributed by atoms with Gasteiger partial charge >= 0.3 is 0 Å². The molecular weight excluding hydrogens is 984 g/mol. The van der Waals surface area contributed by atoms with Crippen molar-refractivity contribution in [3.8, 4) is 5.00 Å². The van der Waals surface area contributed by atoms with Gasteiger partial charge in [-0.05, 0) is 98.0 Å². The SMILES string of the molecule is Cc1sc2c(c1C)C(c1ccc(Cl)cc1)=N[C@@H](CC(=O)NCCOCCNC(Cc1ccccc1)C(=O)N1C/C(=C\c3ccc(Cl)c(Cl)c3)C(=O)/C(=C/c3ccc(Cl)c(Cl)c3)C1)c1nnc(C)n1-2. The lowest BCUT2D eigenvalue weighted by molar-refractivity contribution is -0.133. The highest BCUT2D eigenvalue weighted by molar-refractivity contribution is 7.15. The molecule has 2 aliphatic rings. The number of amides is 2. The first kappa shape index (κ1) is 49.3. The average molecular weight is 1030 g/mol. The summed E-state index contributed by atoms with van der Waals surface area (Å²) < 4.78 is 7.98. The summed E-state index contributed by atoms with van der Waals surface area (Å²) in [5.41, 5.74) is 6.87. The number of hydrogen-bond donors (Lipinski definition) is 2. The molecule has 0 bridgehead atoms. The number of piperidine rings is 1. The van der Waals surface area contributed by atoms with Gasteiger partial charge in [-0.2, -0.15) is 0 Å². The maximum Gasteiger partial charge on any atom is 0.240 e. The summed E-state index contributed by atoms with van der Waals surface area (Å²) in [4.78, 5) is 50.2. The van der Waals surface area contributed by atoms with Gasteiger partial charge in [0, 0.05) is 58.4 Å². The van der Waals surface area contributed by atoms with Gasteiger partial charge in [0.1, 0.15) is 16.9 Å². The Kier molecular flexibility index (Phi) is 16.0. The number of fused-ring (bicyclic) bond motifs is 3. The van der Waals surface area contributed by atoms with Crippen LogP contribution in [0.1, 0.15) is 62.4 Å². The molecule has 2 N–H and O–H groups in total. The van der Waals surface area contributed by atoms with Gasteiger partial charge in [-0.25, -0.2) is 0 Å². The van der Waals surface area contributed by atoms with Crippen molar-refractivity contribution in [3.63, 3.8) is 0 Å². The molecule has 0 spiro atoms. The lowest BCUT2D eigenvalue weighted by atomic mass is 9.93. The zero-order valence-electron chi connectivity index (χ0n) is 37.3. The molecule has 0 saturated carbocycles. The number of aromatic nitrogens is 3. The largest absolute Gasteiger partial charge is 0.378 e. The number of benzene rings is 4. The number of aliphatic imine (C=N–C) groups is 1. The van der Waals surface area contributed by atoms with Crippen molar-refractivity contribution in [2.75, 3.05) is 39.4 Å². The minimum atomic E-state index is -0.660. The third-order valence-electron chi connectivity index (χ3n) is 11.7. The van der Waals surface area contributed by atoms with Crippen LogP contribution in [0.4, 0.5) is 0 Å². The van der Waals surface area contributed by atoms with E-state index >= 15 is 0 Å². The second kappa shape index (κ2) is 22.1. The minimum Gasteiger partial charge on any atom is -0.378 e. The standard InChI is InChI=1S/C51H46Cl5N7O4S/c1-29-30(2)68-51-46(29)47(35-11-13-38(52)14-12-35)59-43(49-61-60-31(3)63(49)51)26-45(64)58-18-20-67-19-17-57-44(25-32-7-5-4-6-8-32)50(66)62-27-36(21-33-9-15-39(53)41(55)23-33)48(65)37(28-62)22-34-10-16-40(54)42(56)24-34/h4-16,21-24,43-44,57H,17-20,25-28H2,1-3H3,(H,58,64)/b36-21+,37-22+/t43-,44?/m0/s1. The number of ether oxygens (including phenoxy) is 1. The Labute approximate surface area is 423 Å². The van der Waals surface area contributed by atoms with E-state index in [0.29, 0.717) is 72.0 Å². The van der Waals surface area contributed by atoms with Gasteiger partial charge in [-0.1, -0.05) is 113 Å². The van der Waals surface area contributed by atoms with Crippen LogP contribution in [-0.4, -0.2) is 88.4 Å². The van der Waals surface area contributed by atoms with Crippen LogP contribution in [0.25, 0.3) is 17.2 Å². The molecular formula is C51H46Cl5N7O4S. The molecule has 1 unspecified atom stereocenters. The molecule has 4 aromatic carbocycles. The molecule has 0 aliphatic carbocycles. The Balaban J connectivity index is 0.923. The molecule has 2 aromatic heterocycles. The molecule has 0 radical (unpaired) electrons. The molecule has 11 nitrogen and oxygen atoms in total. The zero-order valence-corrected chi connectivity index (χ0v) is 41.9. The first-order chi connectivity index (χ1) is 32.7. The Hall–Kier alpha value is -5.15. The predicted molar refractivity (Wildman–Crippen MR) is 274 cm³/mol. The van der Waals surface area contributed by atoms with E-state index in [2.05, 4.69) is 34.7 Å². The Bertz CT molecular complexity index is 2890. The number of rotatable bonds is 15. The highest BCUT2D eigenvalue weighted by atomic mass is 35.5. The van der Waals surface area contributed by atoms with Crippen LogP contribution in [0.15, 0.2) is 107 Å². The normalized spacial score (nSPS) is 16.4. The highest BCUT2D eigenvalue weighted by Gasteiger charge is 2.34. The average Bonchev–Trinajstić information content (AvgIpc) is 3.80. The summed E-state index contributed by atoms with van der Waals surface area (Å²) >= 11 is 33.0. The number of hydrogen-bond acceptors (Lipinski definition) is 9. The van der Waals surface area contributed by atoms with E-state index in [0.717, 1.165) is 37.8 Å². The van der Waals surface area contributed by atoms with Gasteiger partial charge in [-0.15, -0.1) is 21.5 Å². The van der Waals surface area contributed by atoms with Crippen molar-refractivity contribution in [2.45, 2.75) is 45.7 Å². The molecule has 2 amide bonds. The summed E-state index contributed by atoms with van der Waals surface area (Å²) in [6, 6.07) is 26.2. The number of halogens is 5. The molecule has 4 heterocycles. The van der Waals surface area contributed by atoms with E-state index in [1.54, 1.807) is 64.8 Å². The Morgan fingerprint density at radius 3 is 2.07 bits per heavy atom. The van der Waals surface area contributed by atoms with Crippen molar-refractivity contribution in [1.82, 2.24) is 30.3 Å². The van der Waals surface area contributed by atoms with E-state index in [4.69, 9.17) is 67.7 Å².